The van der Waals surface area contributed by atoms with E-state index in [1.807, 2.05) is 11.3 Å². The fourth-order valence-electron chi connectivity index (χ4n) is 5.14. The molecule has 0 fully saturated rings. The summed E-state index contributed by atoms with van der Waals surface area (Å²) < 4.78 is 2.61. The van der Waals surface area contributed by atoms with Crippen molar-refractivity contribution in [2.75, 3.05) is 0 Å². The molecule has 5 heteroatoms. The number of fused-ring (bicyclic) bond motifs is 6. The minimum atomic E-state index is -0.125. The van der Waals surface area contributed by atoms with Gasteiger partial charge in [-0.05, 0) is 56.3 Å². The average Bonchev–Trinajstić information content (AvgIpc) is 3.23. The predicted octanol–water partition coefficient (Wildman–Crippen LogP) is 9.18. The molecule has 0 bridgehead atoms. The van der Waals surface area contributed by atoms with E-state index in [2.05, 4.69) is 93.6 Å². The first-order valence-electron chi connectivity index (χ1n) is 12.2. The third kappa shape index (κ3) is 5.15. The number of nitrogens with zero attached hydrogens (tertiary/aromatic N) is 1. The smallest absolute Gasteiger partial charge is 0.155 e. The number of allylic oxidation sites excluding steroid dienone is 2. The second-order valence-electron chi connectivity index (χ2n) is 9.51. The van der Waals surface area contributed by atoms with Crippen molar-refractivity contribution in [2.24, 2.45) is 0 Å². The van der Waals surface area contributed by atoms with Crippen molar-refractivity contribution in [1.82, 2.24) is 4.98 Å². The van der Waals surface area contributed by atoms with Gasteiger partial charge < -0.3 is 5.11 Å². The zero-order valence-corrected chi connectivity index (χ0v) is 25.2. The number of thiophene rings is 1. The molecule has 6 aromatic rings. The number of aliphatic hydroxyl groups is 1. The van der Waals surface area contributed by atoms with Crippen molar-refractivity contribution < 1.29 is 30.0 Å². The number of carbonyl (C=O) groups excluding carboxylic acids is 1. The molecule has 0 aliphatic carbocycles. The van der Waals surface area contributed by atoms with Crippen LogP contribution in [0.15, 0.2) is 78.6 Å². The van der Waals surface area contributed by atoms with Gasteiger partial charge in [-0.3, -0.25) is 9.78 Å². The molecule has 1 radical (unpaired) electrons. The van der Waals surface area contributed by atoms with Gasteiger partial charge in [0.05, 0.1) is 11.3 Å². The van der Waals surface area contributed by atoms with Crippen molar-refractivity contribution >= 4 is 59.0 Å². The standard InChI is InChI=1S/C28H20NS.C5H8O2.Ir/c1-16-14-17(2)25-18(3)20(13-12-19(25)15-16)27-26-22-9-5-7-11-24(22)30-28(26)21-8-4-6-10-23(21)29-27;1-4(6)3-5(2)7;/h4-12,14-15H,1-3H3;3,6H,1-2H3;/q-1;;/b;4-3-;. The summed E-state index contributed by atoms with van der Waals surface area (Å²) in [5.74, 6) is -0.0625. The van der Waals surface area contributed by atoms with Crippen LogP contribution in [-0.4, -0.2) is 15.9 Å². The molecular weight excluding hydrogens is 667 g/mol. The maximum absolute atomic E-state index is 10.0. The quantitative estimate of drug-likeness (QED) is 0.112. The van der Waals surface area contributed by atoms with Crippen molar-refractivity contribution in [3.63, 3.8) is 0 Å². The van der Waals surface area contributed by atoms with E-state index in [4.69, 9.17) is 10.1 Å². The number of benzene rings is 4. The van der Waals surface area contributed by atoms with Gasteiger partial charge in [-0.2, -0.15) is 0 Å². The molecule has 0 saturated heterocycles. The van der Waals surface area contributed by atoms with Gasteiger partial charge in [0.25, 0.3) is 0 Å². The van der Waals surface area contributed by atoms with Crippen molar-refractivity contribution in [1.29, 1.82) is 0 Å². The number of hydrogen-bond acceptors (Lipinski definition) is 4. The SMILES string of the molecule is CC(=O)/C=C(/C)O.Cc1cc(C)c2c(C)c(-c3nc4ccccc4c4sc5ccccc5c34)[c-]cc2c1.[Ir]. The first kappa shape index (κ1) is 27.7. The molecular formula is C33H28IrNO2S-. The molecule has 2 aromatic heterocycles. The maximum Gasteiger partial charge on any atom is 0.155 e. The average molecular weight is 695 g/mol. The summed E-state index contributed by atoms with van der Waals surface area (Å²) in [4.78, 5) is 15.2. The predicted molar refractivity (Wildman–Crippen MR) is 158 cm³/mol. The van der Waals surface area contributed by atoms with E-state index in [0.717, 1.165) is 16.8 Å². The third-order valence-electron chi connectivity index (χ3n) is 6.49. The van der Waals surface area contributed by atoms with Crippen LogP contribution in [0, 0.1) is 26.8 Å². The second kappa shape index (κ2) is 11.2. The number of rotatable bonds is 2. The summed E-state index contributed by atoms with van der Waals surface area (Å²) in [6, 6.07) is 27.4. The van der Waals surface area contributed by atoms with Gasteiger partial charge in [-0.15, -0.1) is 34.6 Å². The van der Waals surface area contributed by atoms with Gasteiger partial charge in [0.2, 0.25) is 0 Å². The summed E-state index contributed by atoms with van der Waals surface area (Å²) in [6.07, 6.45) is 1.17. The fourth-order valence-corrected chi connectivity index (χ4v) is 6.38. The summed E-state index contributed by atoms with van der Waals surface area (Å²) >= 11 is 1.86. The topological polar surface area (TPSA) is 50.2 Å². The van der Waals surface area contributed by atoms with E-state index in [1.54, 1.807) is 0 Å². The first-order valence-corrected chi connectivity index (χ1v) is 13.1. The number of hydrogen-bond donors (Lipinski definition) is 1. The number of ketones is 1. The third-order valence-corrected chi connectivity index (χ3v) is 7.70. The second-order valence-corrected chi connectivity index (χ2v) is 10.6. The summed E-state index contributed by atoms with van der Waals surface area (Å²) in [6.45, 7) is 9.42. The molecule has 0 atom stereocenters. The molecule has 38 heavy (non-hydrogen) atoms. The van der Waals surface area contributed by atoms with Crippen LogP contribution in [-0.2, 0) is 24.9 Å². The Morgan fingerprint density at radius 1 is 0.947 bits per heavy atom. The van der Waals surface area contributed by atoms with Crippen LogP contribution in [0.4, 0.5) is 0 Å². The van der Waals surface area contributed by atoms with Crippen LogP contribution in [0.2, 0.25) is 0 Å². The molecule has 1 N–H and O–H groups in total. The van der Waals surface area contributed by atoms with Gasteiger partial charge in [0.15, 0.2) is 5.78 Å². The van der Waals surface area contributed by atoms with Crippen LogP contribution in [0.5, 0.6) is 0 Å². The van der Waals surface area contributed by atoms with Crippen molar-refractivity contribution in [3.8, 4) is 11.3 Å². The number of para-hydroxylation sites is 1. The molecule has 0 spiro atoms. The minimum absolute atomic E-state index is 0. The van der Waals surface area contributed by atoms with Crippen LogP contribution in [0.3, 0.4) is 0 Å². The Morgan fingerprint density at radius 3 is 2.32 bits per heavy atom. The van der Waals surface area contributed by atoms with Crippen molar-refractivity contribution in [2.45, 2.75) is 34.6 Å². The van der Waals surface area contributed by atoms with E-state index >= 15 is 0 Å². The van der Waals surface area contributed by atoms with E-state index in [0.29, 0.717) is 0 Å². The molecule has 0 amide bonds. The van der Waals surface area contributed by atoms with E-state index < -0.39 is 0 Å². The largest absolute Gasteiger partial charge is 0.512 e. The van der Waals surface area contributed by atoms with Gasteiger partial charge in [0, 0.05) is 41.0 Å². The molecule has 3 nitrogen and oxygen atoms in total. The zero-order chi connectivity index (χ0) is 26.3. The van der Waals surface area contributed by atoms with Crippen LogP contribution in [0.25, 0.3) is 53.1 Å². The molecule has 0 unspecified atom stereocenters. The number of aryl methyl sites for hydroxylation is 3. The van der Waals surface area contributed by atoms with Gasteiger partial charge in [-0.1, -0.05) is 77.4 Å². The van der Waals surface area contributed by atoms with Crippen LogP contribution >= 0.6 is 11.3 Å². The van der Waals surface area contributed by atoms with E-state index in [-0.39, 0.29) is 31.6 Å². The van der Waals surface area contributed by atoms with Gasteiger partial charge in [-0.25, -0.2) is 0 Å². The number of pyridine rings is 1. The van der Waals surface area contributed by atoms with Crippen molar-refractivity contribution in [3.05, 3.63) is 101 Å². The Bertz CT molecular complexity index is 1860. The number of aromatic nitrogens is 1. The Balaban J connectivity index is 0.000000375. The minimum Gasteiger partial charge on any atom is -0.512 e. The Morgan fingerprint density at radius 2 is 1.63 bits per heavy atom. The van der Waals surface area contributed by atoms with Crippen LogP contribution < -0.4 is 0 Å². The van der Waals surface area contributed by atoms with E-state index in [9.17, 15) is 4.79 Å². The summed E-state index contributed by atoms with van der Waals surface area (Å²) in [5.41, 5.74) is 7.04. The van der Waals surface area contributed by atoms with Crippen LogP contribution in [0.1, 0.15) is 30.5 Å². The molecule has 6 rings (SSSR count). The molecule has 0 aliphatic rings. The molecule has 0 saturated carbocycles. The molecule has 0 aliphatic heterocycles. The van der Waals surface area contributed by atoms with E-state index in [1.165, 1.54) is 72.9 Å². The normalized spacial score (nSPS) is 11.4. The van der Waals surface area contributed by atoms with Gasteiger partial charge >= 0.3 is 0 Å². The molecule has 193 valence electrons. The first-order chi connectivity index (χ1) is 17.7. The fraction of sp³-hybridized carbons (Fsp3) is 0.152. The number of carbonyl (C=O) groups is 1. The maximum atomic E-state index is 10.0. The summed E-state index contributed by atoms with van der Waals surface area (Å²) in [7, 11) is 0. The monoisotopic (exact) mass is 695 g/mol. The van der Waals surface area contributed by atoms with Gasteiger partial charge in [0.1, 0.15) is 0 Å². The molecule has 2 heterocycles. The Labute approximate surface area is 240 Å². The molecule has 4 aromatic carbocycles. The number of aliphatic hydroxyl groups excluding tert-OH is 1. The zero-order valence-electron chi connectivity index (χ0n) is 22.0. The Hall–Kier alpha value is -3.37. The Kier molecular flexibility index (Phi) is 8.13. The summed E-state index contributed by atoms with van der Waals surface area (Å²) in [5, 5.41) is 14.7.